The number of nitrogens with one attached hydrogen (secondary N) is 1. The zero-order chi connectivity index (χ0) is 23.9. The van der Waals surface area contributed by atoms with E-state index in [9.17, 15) is 18.4 Å². The Balaban J connectivity index is 1.57. The second-order valence-corrected chi connectivity index (χ2v) is 8.89. The molecule has 1 aliphatic rings. The Labute approximate surface area is 190 Å². The second kappa shape index (κ2) is 8.54. The molecule has 2 amide bonds. The van der Waals surface area contributed by atoms with E-state index < -0.39 is 40.8 Å². The molecule has 0 saturated carbocycles. The number of amides is 2. The number of aromatic nitrogens is 2. The first-order valence-corrected chi connectivity index (χ1v) is 10.7. The lowest BCUT2D eigenvalue weighted by molar-refractivity contribution is -0.161. The van der Waals surface area contributed by atoms with Gasteiger partial charge in [0.25, 0.3) is 11.8 Å². The Morgan fingerprint density at radius 3 is 2.55 bits per heavy atom. The van der Waals surface area contributed by atoms with Gasteiger partial charge in [0.15, 0.2) is 11.5 Å². The van der Waals surface area contributed by atoms with Crippen LogP contribution in [0.4, 0.5) is 23.2 Å². The second-order valence-electron chi connectivity index (χ2n) is 7.60. The number of alkyl halides is 2. The number of benzene rings is 1. The maximum Gasteiger partial charge on any atom is 0.369 e. The van der Waals surface area contributed by atoms with Crippen LogP contribution in [-0.4, -0.2) is 33.2 Å². The largest absolute Gasteiger partial charge is 0.369 e. The van der Waals surface area contributed by atoms with Crippen LogP contribution in [0.1, 0.15) is 37.3 Å². The fraction of sp³-hybridized carbons (Fsp3) is 0.273. The highest BCUT2D eigenvalue weighted by Gasteiger charge is 2.48. The summed E-state index contributed by atoms with van der Waals surface area (Å²) in [5.41, 5.74) is -0.706. The molecule has 1 aliphatic heterocycles. The average molecular weight is 478 g/mol. The van der Waals surface area contributed by atoms with Crippen LogP contribution in [0, 0.1) is 25.5 Å². The summed E-state index contributed by atoms with van der Waals surface area (Å²) < 4.78 is 57.9. The molecular weight excluding hydrogens is 460 g/mol. The third-order valence-corrected chi connectivity index (χ3v) is 6.18. The van der Waals surface area contributed by atoms with Crippen LogP contribution in [-0.2, 0) is 23.7 Å². The molecule has 3 heterocycles. The van der Waals surface area contributed by atoms with E-state index in [0.29, 0.717) is 17.4 Å². The highest BCUT2D eigenvalue weighted by Crippen LogP contribution is 2.34. The van der Waals surface area contributed by atoms with Crippen LogP contribution in [0.25, 0.3) is 0 Å². The number of pyridine rings is 1. The third kappa shape index (κ3) is 4.45. The Morgan fingerprint density at radius 2 is 1.82 bits per heavy atom. The highest BCUT2D eigenvalue weighted by atomic mass is 32.1. The maximum absolute atomic E-state index is 15.1. The fourth-order valence-electron chi connectivity index (χ4n) is 3.50. The van der Waals surface area contributed by atoms with Crippen molar-refractivity contribution in [2.24, 2.45) is 0 Å². The molecule has 0 unspecified atom stereocenters. The van der Waals surface area contributed by atoms with Crippen LogP contribution in [0.2, 0.25) is 0 Å². The van der Waals surface area contributed by atoms with Gasteiger partial charge in [-0.05, 0) is 49.7 Å². The average Bonchev–Trinajstić information content (AvgIpc) is 3.15. The quantitative estimate of drug-likeness (QED) is 0.566. The van der Waals surface area contributed by atoms with Gasteiger partial charge in [0.05, 0.1) is 17.2 Å². The van der Waals surface area contributed by atoms with Gasteiger partial charge in [-0.15, -0.1) is 11.3 Å². The smallest absolute Gasteiger partial charge is 0.331 e. The molecule has 1 N–H and O–H groups in total. The van der Waals surface area contributed by atoms with Gasteiger partial charge in [-0.2, -0.15) is 8.78 Å². The first kappa shape index (κ1) is 22.8. The first-order chi connectivity index (χ1) is 15.6. The molecule has 0 aliphatic carbocycles. The molecule has 0 atom stereocenters. The van der Waals surface area contributed by atoms with Gasteiger partial charge in [-0.3, -0.25) is 9.59 Å². The number of aryl methyl sites for hydroxylation is 2. The van der Waals surface area contributed by atoms with Crippen molar-refractivity contribution in [1.29, 1.82) is 0 Å². The topological polar surface area (TPSA) is 75.2 Å². The number of hydrogen-bond donors (Lipinski definition) is 1. The molecule has 33 heavy (non-hydrogen) atoms. The van der Waals surface area contributed by atoms with E-state index in [0.717, 1.165) is 27.7 Å². The van der Waals surface area contributed by atoms with E-state index in [1.54, 1.807) is 6.92 Å². The molecule has 172 valence electrons. The van der Waals surface area contributed by atoms with Crippen molar-refractivity contribution in [3.05, 3.63) is 74.5 Å². The van der Waals surface area contributed by atoms with Crippen molar-refractivity contribution in [3.8, 4) is 0 Å². The number of thiazole rings is 1. The Hall–Kier alpha value is -3.34. The lowest BCUT2D eigenvalue weighted by atomic mass is 10.1. The molecule has 0 spiro atoms. The van der Waals surface area contributed by atoms with E-state index in [1.807, 2.05) is 0 Å². The molecule has 1 aromatic carbocycles. The minimum atomic E-state index is -4.29. The van der Waals surface area contributed by atoms with Gasteiger partial charge < -0.3 is 10.2 Å². The van der Waals surface area contributed by atoms with E-state index in [2.05, 4.69) is 15.3 Å². The first-order valence-electron chi connectivity index (χ1n) is 9.93. The summed E-state index contributed by atoms with van der Waals surface area (Å²) in [6.45, 7) is 3.23. The van der Waals surface area contributed by atoms with Crippen molar-refractivity contribution in [2.45, 2.75) is 32.7 Å². The molecule has 0 bridgehead atoms. The number of hydrogen-bond acceptors (Lipinski definition) is 5. The lowest BCUT2D eigenvalue weighted by Gasteiger charge is -2.29. The zero-order valence-electron chi connectivity index (χ0n) is 17.6. The fourth-order valence-corrected chi connectivity index (χ4v) is 4.50. The number of fused-ring (bicyclic) bond motifs is 1. The van der Waals surface area contributed by atoms with Crippen LogP contribution in [0.5, 0.6) is 0 Å². The number of halogens is 4. The van der Waals surface area contributed by atoms with Gasteiger partial charge in [-0.1, -0.05) is 0 Å². The van der Waals surface area contributed by atoms with Crippen LogP contribution < -0.4 is 5.32 Å². The third-order valence-electron chi connectivity index (χ3n) is 5.19. The number of anilines is 1. The number of rotatable bonds is 4. The summed E-state index contributed by atoms with van der Waals surface area (Å²) >= 11 is 1.31. The molecule has 0 fully saturated rings. The summed E-state index contributed by atoms with van der Waals surface area (Å²) in [6.07, 6.45) is 0.316. The van der Waals surface area contributed by atoms with Gasteiger partial charge in [0, 0.05) is 23.5 Å². The number of carbonyl (C=O) groups excluding carboxylic acids is 2. The minimum Gasteiger partial charge on any atom is -0.331 e. The van der Waals surface area contributed by atoms with E-state index in [-0.39, 0.29) is 24.3 Å². The Bertz CT molecular complexity index is 1260. The molecule has 11 heteroatoms. The maximum atomic E-state index is 15.1. The van der Waals surface area contributed by atoms with E-state index in [1.165, 1.54) is 30.4 Å². The van der Waals surface area contributed by atoms with Crippen molar-refractivity contribution in [2.75, 3.05) is 11.9 Å². The number of carbonyl (C=O) groups is 2. The van der Waals surface area contributed by atoms with Gasteiger partial charge in [0.2, 0.25) is 0 Å². The van der Waals surface area contributed by atoms with Crippen molar-refractivity contribution in [1.82, 2.24) is 14.9 Å². The lowest BCUT2D eigenvalue weighted by Crippen LogP contribution is -2.45. The zero-order valence-corrected chi connectivity index (χ0v) is 18.4. The summed E-state index contributed by atoms with van der Waals surface area (Å²) in [7, 11) is 0. The molecule has 0 radical (unpaired) electrons. The van der Waals surface area contributed by atoms with Crippen LogP contribution in [0.3, 0.4) is 0 Å². The van der Waals surface area contributed by atoms with Gasteiger partial charge >= 0.3 is 5.92 Å². The van der Waals surface area contributed by atoms with Crippen molar-refractivity contribution in [3.63, 3.8) is 0 Å². The molecule has 4 rings (SSSR count). The minimum absolute atomic E-state index is 0.0102. The Kier molecular flexibility index (Phi) is 5.91. The summed E-state index contributed by atoms with van der Waals surface area (Å²) in [5.74, 6) is -8.68. The summed E-state index contributed by atoms with van der Waals surface area (Å²) in [4.78, 5) is 34.6. The summed E-state index contributed by atoms with van der Waals surface area (Å²) in [6, 6.07) is 5.36. The Morgan fingerprint density at radius 1 is 1.09 bits per heavy atom. The highest BCUT2D eigenvalue weighted by molar-refractivity contribution is 7.11. The van der Waals surface area contributed by atoms with Crippen molar-refractivity contribution < 1.29 is 27.2 Å². The van der Waals surface area contributed by atoms with E-state index >= 15 is 8.78 Å². The van der Waals surface area contributed by atoms with Crippen LogP contribution >= 0.6 is 11.3 Å². The molecule has 3 aromatic rings. The normalized spacial score (nSPS) is 13.6. The van der Waals surface area contributed by atoms with Gasteiger partial charge in [-0.25, -0.2) is 18.7 Å². The monoisotopic (exact) mass is 478 g/mol. The van der Waals surface area contributed by atoms with E-state index in [4.69, 9.17) is 0 Å². The van der Waals surface area contributed by atoms with Gasteiger partial charge in [0.1, 0.15) is 11.5 Å². The van der Waals surface area contributed by atoms with Crippen molar-refractivity contribution >= 4 is 28.8 Å². The predicted molar refractivity (Wildman–Crippen MR) is 113 cm³/mol. The molecule has 6 nitrogen and oxygen atoms in total. The summed E-state index contributed by atoms with van der Waals surface area (Å²) in [5, 5.41) is 3.16. The predicted octanol–water partition coefficient (Wildman–Crippen LogP) is 4.36. The molecule has 0 saturated heterocycles. The standard InChI is InChI=1S/C22H18F4N4O2S/c1-11-9-13(3-4-14(11)23)28-20(31)17-6-5-15(24)19(29-17)22(25,26)21(32)30-8-7-16-18(10-30)33-12(2)27-16/h3-6,9H,7-8,10H2,1-2H3,(H,28,31). The SMILES string of the molecule is Cc1nc2c(s1)CN(C(=O)C(F)(F)c1nc(C(=O)Nc3ccc(F)c(C)c3)ccc1F)CC2. The number of nitrogens with zero attached hydrogens (tertiary/aromatic N) is 3. The molecule has 2 aromatic heterocycles. The molecular formula is C22H18F4N4O2S. The van der Waals surface area contributed by atoms with Crippen LogP contribution in [0.15, 0.2) is 30.3 Å².